The van der Waals surface area contributed by atoms with Crippen molar-refractivity contribution in [1.82, 2.24) is 9.80 Å². The fraction of sp³-hybridized carbons (Fsp3) is 0.429. The number of aryl methyl sites for hydroxylation is 1. The van der Waals surface area contributed by atoms with Gasteiger partial charge in [0.15, 0.2) is 11.5 Å². The number of aliphatic hydroxyl groups is 1. The number of ketones is 1. The third-order valence-electron chi connectivity index (χ3n) is 6.28. The number of hydrogen-bond donors (Lipinski definition) is 2. The van der Waals surface area contributed by atoms with Crippen molar-refractivity contribution in [2.45, 2.75) is 39.2 Å². The molecular formula is C28H36N2O6. The Morgan fingerprint density at radius 3 is 2.50 bits per heavy atom. The molecule has 0 spiro atoms. The lowest BCUT2D eigenvalue weighted by atomic mass is 9.93. The van der Waals surface area contributed by atoms with Gasteiger partial charge in [0, 0.05) is 12.1 Å². The summed E-state index contributed by atoms with van der Waals surface area (Å²) in [5, 5.41) is 21.5. The van der Waals surface area contributed by atoms with Crippen LogP contribution in [0.5, 0.6) is 17.2 Å². The number of ether oxygens (including phenoxy) is 2. The van der Waals surface area contributed by atoms with E-state index in [1.807, 2.05) is 32.0 Å². The fourth-order valence-corrected chi connectivity index (χ4v) is 4.35. The first-order valence-corrected chi connectivity index (χ1v) is 12.2. The highest BCUT2D eigenvalue weighted by Gasteiger charge is 2.46. The highest BCUT2D eigenvalue weighted by Crippen LogP contribution is 2.42. The average Bonchev–Trinajstić information content (AvgIpc) is 3.09. The number of Topliss-reactive ketones (excluding diaryl/α,β-unsaturated/α-hetero) is 1. The van der Waals surface area contributed by atoms with Gasteiger partial charge in [-0.3, -0.25) is 9.59 Å². The number of rotatable bonds is 11. The minimum Gasteiger partial charge on any atom is -0.507 e. The van der Waals surface area contributed by atoms with Gasteiger partial charge < -0.3 is 29.5 Å². The predicted octanol–water partition coefficient (Wildman–Crippen LogP) is 4.26. The second-order valence-corrected chi connectivity index (χ2v) is 9.26. The van der Waals surface area contributed by atoms with Crippen LogP contribution < -0.4 is 9.47 Å². The van der Waals surface area contributed by atoms with Crippen molar-refractivity contribution in [2.24, 2.45) is 0 Å². The number of hydrogen-bond acceptors (Lipinski definition) is 7. The molecule has 0 saturated carbocycles. The summed E-state index contributed by atoms with van der Waals surface area (Å²) in [4.78, 5) is 29.9. The van der Waals surface area contributed by atoms with E-state index in [9.17, 15) is 19.8 Å². The zero-order chi connectivity index (χ0) is 26.4. The van der Waals surface area contributed by atoms with Crippen molar-refractivity contribution in [3.63, 3.8) is 0 Å². The molecule has 0 radical (unpaired) electrons. The average molecular weight is 497 g/mol. The standard InChI is InChI=1S/C28H36N2O6/c1-6-7-15-36-20-10-11-21(18(2)16-20)26(32)24-25(19-9-12-22(31)23(17-19)35-5)30(28(34)27(24)33)14-8-13-29(3)4/h9-12,16-17,25,31-32H,6-8,13-15H2,1-5H3/t25-/m1/s1. The molecule has 8 nitrogen and oxygen atoms in total. The Morgan fingerprint density at radius 1 is 1.11 bits per heavy atom. The maximum atomic E-state index is 13.3. The number of amides is 1. The van der Waals surface area contributed by atoms with E-state index in [1.165, 1.54) is 18.1 Å². The number of benzene rings is 2. The Kier molecular flexibility index (Phi) is 8.98. The van der Waals surface area contributed by atoms with Crippen LogP contribution in [0.4, 0.5) is 0 Å². The van der Waals surface area contributed by atoms with Gasteiger partial charge in [-0.05, 0) is 81.9 Å². The molecule has 0 bridgehead atoms. The minimum atomic E-state index is -0.818. The van der Waals surface area contributed by atoms with Gasteiger partial charge in [0.25, 0.3) is 11.7 Å². The summed E-state index contributed by atoms with van der Waals surface area (Å²) in [5.74, 6) is -0.794. The molecule has 0 aliphatic carbocycles. The van der Waals surface area contributed by atoms with Crippen LogP contribution in [-0.4, -0.2) is 72.6 Å². The molecule has 1 atom stereocenters. The molecule has 1 amide bonds. The van der Waals surface area contributed by atoms with Gasteiger partial charge in [0.1, 0.15) is 11.5 Å². The molecule has 1 aliphatic heterocycles. The molecule has 1 aliphatic rings. The highest BCUT2D eigenvalue weighted by atomic mass is 16.5. The van der Waals surface area contributed by atoms with Gasteiger partial charge in [-0.15, -0.1) is 0 Å². The van der Waals surface area contributed by atoms with Crippen LogP contribution in [0.2, 0.25) is 0 Å². The largest absolute Gasteiger partial charge is 0.507 e. The smallest absolute Gasteiger partial charge is 0.295 e. The van der Waals surface area contributed by atoms with E-state index in [0.717, 1.165) is 24.9 Å². The SMILES string of the molecule is CCCCOc1ccc(C(O)=C2C(=O)C(=O)N(CCCN(C)C)[C@@H]2c2ccc(O)c(OC)c2)c(C)c1. The van der Waals surface area contributed by atoms with Crippen molar-refractivity contribution in [1.29, 1.82) is 0 Å². The molecule has 8 heteroatoms. The van der Waals surface area contributed by atoms with E-state index in [1.54, 1.807) is 24.3 Å². The quantitative estimate of drug-likeness (QED) is 0.208. The van der Waals surface area contributed by atoms with Gasteiger partial charge in [-0.2, -0.15) is 0 Å². The maximum Gasteiger partial charge on any atom is 0.295 e. The summed E-state index contributed by atoms with van der Waals surface area (Å²) >= 11 is 0. The molecule has 3 rings (SSSR count). The van der Waals surface area contributed by atoms with Crippen molar-refractivity contribution < 1.29 is 29.3 Å². The lowest BCUT2D eigenvalue weighted by Crippen LogP contribution is -2.32. The summed E-state index contributed by atoms with van der Waals surface area (Å²) in [6.07, 6.45) is 2.61. The second kappa shape index (κ2) is 11.9. The van der Waals surface area contributed by atoms with Crippen LogP contribution in [0.3, 0.4) is 0 Å². The Labute approximate surface area is 212 Å². The Bertz CT molecular complexity index is 1140. The zero-order valence-electron chi connectivity index (χ0n) is 21.7. The van der Waals surface area contributed by atoms with Crippen LogP contribution in [0.1, 0.15) is 48.9 Å². The van der Waals surface area contributed by atoms with Gasteiger partial charge >= 0.3 is 0 Å². The zero-order valence-corrected chi connectivity index (χ0v) is 21.7. The number of methoxy groups -OCH3 is 1. The normalized spacial score (nSPS) is 17.2. The lowest BCUT2D eigenvalue weighted by molar-refractivity contribution is -0.139. The molecule has 1 heterocycles. The van der Waals surface area contributed by atoms with Crippen LogP contribution >= 0.6 is 0 Å². The molecule has 2 aromatic carbocycles. The second-order valence-electron chi connectivity index (χ2n) is 9.26. The van der Waals surface area contributed by atoms with Crippen molar-refractivity contribution in [2.75, 3.05) is 40.9 Å². The first-order valence-electron chi connectivity index (χ1n) is 12.2. The van der Waals surface area contributed by atoms with E-state index in [0.29, 0.717) is 36.4 Å². The fourth-order valence-electron chi connectivity index (χ4n) is 4.35. The highest BCUT2D eigenvalue weighted by molar-refractivity contribution is 6.46. The number of nitrogens with zero attached hydrogens (tertiary/aromatic N) is 2. The summed E-state index contributed by atoms with van der Waals surface area (Å²) < 4.78 is 11.0. The number of aromatic hydroxyl groups is 1. The molecule has 0 aromatic heterocycles. The van der Waals surface area contributed by atoms with E-state index in [4.69, 9.17) is 9.47 Å². The summed E-state index contributed by atoms with van der Waals surface area (Å²) in [7, 11) is 5.31. The van der Waals surface area contributed by atoms with Crippen LogP contribution in [-0.2, 0) is 9.59 Å². The molecule has 194 valence electrons. The summed E-state index contributed by atoms with van der Waals surface area (Å²) in [6, 6.07) is 9.15. The first kappa shape index (κ1) is 27.1. The number of unbranched alkanes of at least 4 members (excludes halogenated alkanes) is 1. The van der Waals surface area contributed by atoms with Gasteiger partial charge in [0.2, 0.25) is 0 Å². The van der Waals surface area contributed by atoms with Gasteiger partial charge in [-0.25, -0.2) is 0 Å². The minimum absolute atomic E-state index is 0.0142. The molecular weight excluding hydrogens is 460 g/mol. The van der Waals surface area contributed by atoms with Crippen molar-refractivity contribution >= 4 is 17.4 Å². The van der Waals surface area contributed by atoms with Crippen molar-refractivity contribution in [3.8, 4) is 17.2 Å². The molecule has 2 aromatic rings. The van der Waals surface area contributed by atoms with E-state index < -0.39 is 17.7 Å². The summed E-state index contributed by atoms with van der Waals surface area (Å²) in [5.41, 5.74) is 1.76. The third kappa shape index (κ3) is 5.82. The monoisotopic (exact) mass is 496 g/mol. The summed E-state index contributed by atoms with van der Waals surface area (Å²) in [6.45, 7) is 5.57. The number of likely N-dealkylation sites (tertiary alicyclic amines) is 1. The van der Waals surface area contributed by atoms with E-state index in [-0.39, 0.29) is 22.8 Å². The van der Waals surface area contributed by atoms with Crippen molar-refractivity contribution in [3.05, 3.63) is 58.7 Å². The third-order valence-corrected chi connectivity index (χ3v) is 6.28. The van der Waals surface area contributed by atoms with E-state index >= 15 is 0 Å². The number of aliphatic hydroxyl groups excluding tert-OH is 1. The topological polar surface area (TPSA) is 99.5 Å². The molecule has 2 N–H and O–H groups in total. The first-order chi connectivity index (χ1) is 17.2. The molecule has 0 unspecified atom stereocenters. The molecule has 36 heavy (non-hydrogen) atoms. The maximum absolute atomic E-state index is 13.3. The lowest BCUT2D eigenvalue weighted by Gasteiger charge is -2.26. The van der Waals surface area contributed by atoms with Crippen LogP contribution in [0.15, 0.2) is 42.0 Å². The Morgan fingerprint density at radius 2 is 1.86 bits per heavy atom. The van der Waals surface area contributed by atoms with Crippen LogP contribution in [0.25, 0.3) is 5.76 Å². The van der Waals surface area contributed by atoms with E-state index in [2.05, 4.69) is 6.92 Å². The molecule has 1 saturated heterocycles. The number of phenolic OH excluding ortho intramolecular Hbond substituents is 1. The van der Waals surface area contributed by atoms with Gasteiger partial charge in [-0.1, -0.05) is 19.4 Å². The van der Waals surface area contributed by atoms with Crippen LogP contribution in [0, 0.1) is 6.92 Å². The number of phenols is 1. The number of carbonyl (C=O) groups excluding carboxylic acids is 2. The Balaban J connectivity index is 2.08. The van der Waals surface area contributed by atoms with Gasteiger partial charge in [0.05, 0.1) is 25.3 Å². The Hall–Kier alpha value is -3.52. The number of carbonyl (C=O) groups is 2. The predicted molar refractivity (Wildman–Crippen MR) is 138 cm³/mol. The molecule has 1 fully saturated rings.